The number of nitrogens with zero attached hydrogens (tertiary/aromatic N) is 1. The first-order valence-corrected chi connectivity index (χ1v) is 6.80. The predicted octanol–water partition coefficient (Wildman–Crippen LogP) is -0.478. The van der Waals surface area contributed by atoms with Crippen molar-refractivity contribution in [2.75, 3.05) is 20.3 Å². The lowest BCUT2D eigenvalue weighted by Crippen LogP contribution is -2.42. The molecule has 1 unspecified atom stereocenters. The maximum Gasteiger partial charge on any atom is 0.326 e. The molecule has 0 aromatic carbocycles. The van der Waals surface area contributed by atoms with Gasteiger partial charge in [0, 0.05) is 39.5 Å². The molecule has 8 nitrogen and oxygen atoms in total. The molecule has 0 aromatic heterocycles. The SMILES string of the molecule is COCCCC(NC(=O)CCN1C(=O)CCC1=O)C(=O)O. The monoisotopic (exact) mass is 300 g/mol. The van der Waals surface area contributed by atoms with Crippen LogP contribution < -0.4 is 5.32 Å². The molecule has 0 spiro atoms. The summed E-state index contributed by atoms with van der Waals surface area (Å²) >= 11 is 0. The number of amides is 3. The third kappa shape index (κ3) is 5.50. The van der Waals surface area contributed by atoms with Crippen molar-refractivity contribution >= 4 is 23.7 Å². The fourth-order valence-corrected chi connectivity index (χ4v) is 2.04. The van der Waals surface area contributed by atoms with E-state index < -0.39 is 17.9 Å². The predicted molar refractivity (Wildman–Crippen MR) is 71.2 cm³/mol. The van der Waals surface area contributed by atoms with Crippen molar-refractivity contribution in [3.05, 3.63) is 0 Å². The van der Waals surface area contributed by atoms with Crippen molar-refractivity contribution in [2.24, 2.45) is 0 Å². The van der Waals surface area contributed by atoms with Gasteiger partial charge in [0.25, 0.3) is 0 Å². The van der Waals surface area contributed by atoms with Gasteiger partial charge < -0.3 is 15.2 Å². The van der Waals surface area contributed by atoms with Crippen LogP contribution in [0.25, 0.3) is 0 Å². The topological polar surface area (TPSA) is 113 Å². The van der Waals surface area contributed by atoms with Gasteiger partial charge in [-0.15, -0.1) is 0 Å². The smallest absolute Gasteiger partial charge is 0.326 e. The number of hydrogen-bond donors (Lipinski definition) is 2. The first-order valence-electron chi connectivity index (χ1n) is 6.80. The number of carboxylic acids is 1. The zero-order valence-electron chi connectivity index (χ0n) is 12.0. The van der Waals surface area contributed by atoms with E-state index >= 15 is 0 Å². The number of rotatable bonds is 9. The van der Waals surface area contributed by atoms with E-state index in [1.54, 1.807) is 0 Å². The lowest BCUT2D eigenvalue weighted by atomic mass is 10.1. The third-order valence-corrected chi connectivity index (χ3v) is 3.19. The van der Waals surface area contributed by atoms with Crippen LogP contribution in [-0.4, -0.2) is 60.0 Å². The Hall–Kier alpha value is -1.96. The first kappa shape index (κ1) is 17.1. The van der Waals surface area contributed by atoms with E-state index in [4.69, 9.17) is 9.84 Å². The summed E-state index contributed by atoms with van der Waals surface area (Å²) in [5.41, 5.74) is 0. The van der Waals surface area contributed by atoms with E-state index in [2.05, 4.69) is 5.32 Å². The molecule has 0 aliphatic carbocycles. The number of nitrogens with one attached hydrogen (secondary N) is 1. The van der Waals surface area contributed by atoms with Crippen LogP contribution in [0, 0.1) is 0 Å². The molecule has 1 atom stereocenters. The van der Waals surface area contributed by atoms with E-state index in [9.17, 15) is 19.2 Å². The summed E-state index contributed by atoms with van der Waals surface area (Å²) in [6.07, 6.45) is 1.03. The lowest BCUT2D eigenvalue weighted by Gasteiger charge is -2.16. The molecular formula is C13H20N2O6. The number of methoxy groups -OCH3 is 1. The van der Waals surface area contributed by atoms with Gasteiger partial charge in [0.05, 0.1) is 0 Å². The Bertz CT molecular complexity index is 407. The Morgan fingerprint density at radius 1 is 1.33 bits per heavy atom. The first-order chi connectivity index (χ1) is 9.95. The van der Waals surface area contributed by atoms with Crippen LogP contribution in [0.3, 0.4) is 0 Å². The molecule has 1 aliphatic heterocycles. The van der Waals surface area contributed by atoms with Crippen LogP contribution in [0.15, 0.2) is 0 Å². The molecule has 1 aliphatic rings. The molecule has 2 N–H and O–H groups in total. The highest BCUT2D eigenvalue weighted by molar-refractivity contribution is 6.02. The molecule has 1 rings (SSSR count). The highest BCUT2D eigenvalue weighted by Gasteiger charge is 2.29. The molecule has 0 saturated carbocycles. The van der Waals surface area contributed by atoms with Crippen LogP contribution in [-0.2, 0) is 23.9 Å². The van der Waals surface area contributed by atoms with Gasteiger partial charge in [-0.1, -0.05) is 0 Å². The zero-order chi connectivity index (χ0) is 15.8. The number of aliphatic carboxylic acids is 1. The van der Waals surface area contributed by atoms with Crippen LogP contribution in [0.1, 0.15) is 32.1 Å². The molecule has 0 bridgehead atoms. The van der Waals surface area contributed by atoms with Gasteiger partial charge >= 0.3 is 5.97 Å². The lowest BCUT2D eigenvalue weighted by molar-refractivity contribution is -0.143. The molecule has 1 saturated heterocycles. The van der Waals surface area contributed by atoms with E-state index in [0.29, 0.717) is 13.0 Å². The van der Waals surface area contributed by atoms with Crippen molar-refractivity contribution < 1.29 is 29.0 Å². The van der Waals surface area contributed by atoms with Crippen LogP contribution in [0.2, 0.25) is 0 Å². The van der Waals surface area contributed by atoms with Gasteiger partial charge in [0.2, 0.25) is 17.7 Å². The zero-order valence-corrected chi connectivity index (χ0v) is 12.0. The number of ether oxygens (including phenoxy) is 1. The Morgan fingerprint density at radius 3 is 2.48 bits per heavy atom. The molecule has 118 valence electrons. The number of hydrogen-bond acceptors (Lipinski definition) is 5. The number of carbonyl (C=O) groups excluding carboxylic acids is 3. The second-order valence-electron chi connectivity index (χ2n) is 4.78. The van der Waals surface area contributed by atoms with Crippen LogP contribution >= 0.6 is 0 Å². The second-order valence-corrected chi connectivity index (χ2v) is 4.78. The van der Waals surface area contributed by atoms with Crippen molar-refractivity contribution in [3.63, 3.8) is 0 Å². The third-order valence-electron chi connectivity index (χ3n) is 3.19. The maximum absolute atomic E-state index is 11.7. The fourth-order valence-electron chi connectivity index (χ4n) is 2.04. The van der Waals surface area contributed by atoms with Gasteiger partial charge in [-0.3, -0.25) is 19.3 Å². The van der Waals surface area contributed by atoms with Gasteiger partial charge in [-0.05, 0) is 12.8 Å². The summed E-state index contributed by atoms with van der Waals surface area (Å²) in [4.78, 5) is 46.5. The van der Waals surface area contributed by atoms with E-state index in [1.807, 2.05) is 0 Å². The Morgan fingerprint density at radius 2 is 1.95 bits per heavy atom. The van der Waals surface area contributed by atoms with E-state index in [1.165, 1.54) is 7.11 Å². The second kappa shape index (κ2) is 8.35. The fraction of sp³-hybridized carbons (Fsp3) is 0.692. The van der Waals surface area contributed by atoms with Crippen molar-refractivity contribution in [1.29, 1.82) is 0 Å². The van der Waals surface area contributed by atoms with Gasteiger partial charge in [0.15, 0.2) is 0 Å². The van der Waals surface area contributed by atoms with Crippen molar-refractivity contribution in [3.8, 4) is 0 Å². The number of imide groups is 1. The average molecular weight is 300 g/mol. The van der Waals surface area contributed by atoms with E-state index in [0.717, 1.165) is 4.90 Å². The summed E-state index contributed by atoms with van der Waals surface area (Å²) in [6, 6.07) is -0.988. The molecule has 0 aromatic rings. The summed E-state index contributed by atoms with van der Waals surface area (Å²) in [7, 11) is 1.51. The minimum absolute atomic E-state index is 0.00604. The molecule has 8 heteroatoms. The van der Waals surface area contributed by atoms with Gasteiger partial charge in [-0.25, -0.2) is 4.79 Å². The van der Waals surface area contributed by atoms with Crippen molar-refractivity contribution in [2.45, 2.75) is 38.1 Å². The minimum Gasteiger partial charge on any atom is -0.480 e. The molecule has 0 radical (unpaired) electrons. The molecule has 1 heterocycles. The van der Waals surface area contributed by atoms with Crippen molar-refractivity contribution in [1.82, 2.24) is 10.2 Å². The highest BCUT2D eigenvalue weighted by atomic mass is 16.5. The summed E-state index contributed by atoms with van der Waals surface area (Å²) in [6.45, 7) is 0.407. The summed E-state index contributed by atoms with van der Waals surface area (Å²) in [5.74, 6) is -2.19. The number of carbonyl (C=O) groups is 4. The van der Waals surface area contributed by atoms with Gasteiger partial charge in [-0.2, -0.15) is 0 Å². The molecule has 1 fully saturated rings. The molecule has 21 heavy (non-hydrogen) atoms. The summed E-state index contributed by atoms with van der Waals surface area (Å²) in [5, 5.41) is 11.4. The molecular weight excluding hydrogens is 280 g/mol. The average Bonchev–Trinajstić information content (AvgIpc) is 2.74. The standard InChI is InChI=1S/C13H20N2O6/c1-21-8-2-3-9(13(19)20)14-10(16)6-7-15-11(17)4-5-12(15)18/h9H,2-8H2,1H3,(H,14,16)(H,19,20). The number of carboxylic acid groups (broad SMARTS) is 1. The maximum atomic E-state index is 11.7. The minimum atomic E-state index is -1.12. The largest absolute Gasteiger partial charge is 0.480 e. The highest BCUT2D eigenvalue weighted by Crippen LogP contribution is 2.11. The number of likely N-dealkylation sites (tertiary alicyclic amines) is 1. The quantitative estimate of drug-likeness (QED) is 0.439. The normalized spacial score (nSPS) is 16.1. The van der Waals surface area contributed by atoms with Gasteiger partial charge in [0.1, 0.15) is 6.04 Å². The van der Waals surface area contributed by atoms with E-state index in [-0.39, 0.29) is 44.0 Å². The Labute approximate surface area is 122 Å². The van der Waals surface area contributed by atoms with Crippen LogP contribution in [0.4, 0.5) is 0 Å². The summed E-state index contributed by atoms with van der Waals surface area (Å²) < 4.78 is 4.83. The van der Waals surface area contributed by atoms with Crippen LogP contribution in [0.5, 0.6) is 0 Å². The Balaban J connectivity index is 2.37. The Kier molecular flexibility index (Phi) is 6.80. The molecule has 3 amide bonds.